The third-order valence-corrected chi connectivity index (χ3v) is 9.87. The number of methoxy groups -OCH3 is 6. The van der Waals surface area contributed by atoms with Crippen molar-refractivity contribution in [3.05, 3.63) is 102 Å². The molecule has 1 fully saturated rings. The molecule has 1 aliphatic rings. The minimum absolute atomic E-state index is 0.123. The molecule has 0 spiro atoms. The van der Waals surface area contributed by atoms with E-state index >= 15 is 0 Å². The fraction of sp³-hybridized carbons (Fsp3) is 0.326. The van der Waals surface area contributed by atoms with Gasteiger partial charge in [0, 0.05) is 49.7 Å². The van der Waals surface area contributed by atoms with Crippen molar-refractivity contribution >= 4 is 5.69 Å². The summed E-state index contributed by atoms with van der Waals surface area (Å²) in [5, 5.41) is 0. The Morgan fingerprint density at radius 2 is 1.21 bits per heavy atom. The van der Waals surface area contributed by atoms with Crippen molar-refractivity contribution in [2.45, 2.75) is 38.3 Å². The number of rotatable bonds is 15. The number of halogens is 3. The van der Waals surface area contributed by atoms with E-state index in [1.54, 1.807) is 61.0 Å². The number of ether oxygens (including phenoxy) is 7. The number of piperidine rings is 1. The van der Waals surface area contributed by atoms with Crippen LogP contribution in [0.2, 0.25) is 0 Å². The molecular weight excluding hydrogens is 727 g/mol. The molecule has 10 nitrogen and oxygen atoms in total. The molecule has 1 saturated heterocycles. The van der Waals surface area contributed by atoms with E-state index in [0.29, 0.717) is 41.0 Å². The average Bonchev–Trinajstić information content (AvgIpc) is 3.22. The molecule has 0 bridgehead atoms. The lowest BCUT2D eigenvalue weighted by molar-refractivity contribution is -0.274. The van der Waals surface area contributed by atoms with E-state index in [4.69, 9.17) is 28.4 Å². The molecule has 13 heteroatoms. The molecular formula is C43H46F3N3O7. The second-order valence-corrected chi connectivity index (χ2v) is 13.3. The fourth-order valence-corrected chi connectivity index (χ4v) is 7.17. The third-order valence-electron chi connectivity index (χ3n) is 9.87. The fourth-order valence-electron chi connectivity index (χ4n) is 7.17. The van der Waals surface area contributed by atoms with Crippen molar-refractivity contribution in [3.63, 3.8) is 0 Å². The second-order valence-electron chi connectivity index (χ2n) is 13.3. The molecule has 0 radical (unpaired) electrons. The Balaban J connectivity index is 1.22. The van der Waals surface area contributed by atoms with Gasteiger partial charge in [0.2, 0.25) is 11.5 Å². The van der Waals surface area contributed by atoms with Crippen LogP contribution in [0.3, 0.4) is 0 Å². The summed E-state index contributed by atoms with van der Waals surface area (Å²) in [6, 6.07) is 26.1. The van der Waals surface area contributed by atoms with Gasteiger partial charge in [0.1, 0.15) is 5.75 Å². The molecule has 0 saturated carbocycles. The summed E-state index contributed by atoms with van der Waals surface area (Å²) >= 11 is 0. The smallest absolute Gasteiger partial charge is 0.493 e. The van der Waals surface area contributed by atoms with Crippen molar-refractivity contribution < 1.29 is 46.3 Å². The average molecular weight is 774 g/mol. The van der Waals surface area contributed by atoms with E-state index in [1.165, 1.54) is 12.1 Å². The third kappa shape index (κ3) is 9.34. The number of likely N-dealkylation sites (tertiary alicyclic amines) is 1. The summed E-state index contributed by atoms with van der Waals surface area (Å²) in [5.74, 6) is 2.96. The van der Waals surface area contributed by atoms with Crippen LogP contribution in [-0.2, 0) is 13.1 Å². The molecule has 5 aromatic rings. The van der Waals surface area contributed by atoms with E-state index < -0.39 is 6.36 Å². The Morgan fingerprint density at radius 3 is 1.75 bits per heavy atom. The molecule has 1 aliphatic heterocycles. The van der Waals surface area contributed by atoms with Crippen molar-refractivity contribution in [3.8, 4) is 62.6 Å². The number of alkyl halides is 3. The summed E-state index contributed by atoms with van der Waals surface area (Å²) < 4.78 is 76.5. The normalized spacial score (nSPS) is 13.5. The molecule has 0 amide bonds. The number of anilines is 1. The lowest BCUT2D eigenvalue weighted by Gasteiger charge is -2.40. The zero-order chi connectivity index (χ0) is 39.8. The summed E-state index contributed by atoms with van der Waals surface area (Å²) in [5.41, 5.74) is 6.42. The van der Waals surface area contributed by atoms with Crippen molar-refractivity contribution in [2.75, 3.05) is 60.6 Å². The number of aromatic nitrogens is 1. The Kier molecular flexibility index (Phi) is 12.6. The first-order valence-electron chi connectivity index (χ1n) is 18.1. The van der Waals surface area contributed by atoms with E-state index in [-0.39, 0.29) is 11.8 Å². The van der Waals surface area contributed by atoms with Crippen LogP contribution in [0.1, 0.15) is 24.0 Å². The molecule has 2 heterocycles. The first-order chi connectivity index (χ1) is 27.1. The van der Waals surface area contributed by atoms with Gasteiger partial charge < -0.3 is 38.1 Å². The maximum atomic E-state index is 13.0. The predicted octanol–water partition coefficient (Wildman–Crippen LogP) is 9.04. The summed E-state index contributed by atoms with van der Waals surface area (Å²) in [4.78, 5) is 9.31. The summed E-state index contributed by atoms with van der Waals surface area (Å²) in [6.45, 7) is 2.91. The van der Waals surface area contributed by atoms with Gasteiger partial charge in [-0.15, -0.1) is 13.2 Å². The maximum Gasteiger partial charge on any atom is 0.573 e. The minimum atomic E-state index is -4.77. The molecule has 0 unspecified atom stereocenters. The van der Waals surface area contributed by atoms with Gasteiger partial charge in [-0.2, -0.15) is 0 Å². The molecule has 4 aromatic carbocycles. The maximum absolute atomic E-state index is 13.0. The monoisotopic (exact) mass is 773 g/mol. The van der Waals surface area contributed by atoms with Crippen LogP contribution in [0.5, 0.6) is 40.2 Å². The van der Waals surface area contributed by atoms with Crippen LogP contribution in [0.15, 0.2) is 91.1 Å². The van der Waals surface area contributed by atoms with Gasteiger partial charge in [-0.3, -0.25) is 9.88 Å². The molecule has 296 valence electrons. The van der Waals surface area contributed by atoms with Gasteiger partial charge >= 0.3 is 6.36 Å². The zero-order valence-electron chi connectivity index (χ0n) is 32.3. The van der Waals surface area contributed by atoms with Crippen LogP contribution in [0.25, 0.3) is 22.4 Å². The van der Waals surface area contributed by atoms with Gasteiger partial charge in [-0.1, -0.05) is 18.2 Å². The van der Waals surface area contributed by atoms with Crippen molar-refractivity contribution in [1.82, 2.24) is 9.88 Å². The highest BCUT2D eigenvalue weighted by Gasteiger charge is 2.31. The molecule has 0 aliphatic carbocycles. The van der Waals surface area contributed by atoms with Crippen LogP contribution in [-0.4, -0.2) is 78.0 Å². The lowest BCUT2D eigenvalue weighted by atomic mass is 9.98. The van der Waals surface area contributed by atoms with Crippen LogP contribution in [0, 0.1) is 0 Å². The first-order valence-corrected chi connectivity index (χ1v) is 18.1. The number of pyridine rings is 1. The van der Waals surface area contributed by atoms with Crippen LogP contribution in [0.4, 0.5) is 18.9 Å². The van der Waals surface area contributed by atoms with E-state index in [2.05, 4.69) is 37.7 Å². The SMILES string of the molecule is COc1cc(-c2cccc(CN(c3ccc(OC(F)(F)F)cc3)C3CCN(Cc4ccnc(-c5cc(OC)c(OC)c(OC)c5)c4)CC3)c2)cc(OC)c1OC. The Morgan fingerprint density at radius 1 is 0.643 bits per heavy atom. The Hall–Kier alpha value is -5.82. The lowest BCUT2D eigenvalue weighted by Crippen LogP contribution is -2.44. The predicted molar refractivity (Wildman–Crippen MR) is 208 cm³/mol. The molecule has 0 N–H and O–H groups in total. The molecule has 0 atom stereocenters. The van der Waals surface area contributed by atoms with Crippen molar-refractivity contribution in [2.24, 2.45) is 0 Å². The quantitative estimate of drug-likeness (QED) is 0.103. The zero-order valence-corrected chi connectivity index (χ0v) is 32.3. The molecule has 1 aromatic heterocycles. The van der Waals surface area contributed by atoms with Crippen LogP contribution < -0.4 is 38.1 Å². The highest BCUT2D eigenvalue weighted by atomic mass is 19.4. The topological polar surface area (TPSA) is 84.0 Å². The minimum Gasteiger partial charge on any atom is -0.493 e. The highest BCUT2D eigenvalue weighted by Crippen LogP contribution is 2.42. The number of hydrogen-bond donors (Lipinski definition) is 0. The Labute approximate surface area is 325 Å². The van der Waals surface area contributed by atoms with Gasteiger partial charge in [0.05, 0.1) is 48.4 Å². The largest absolute Gasteiger partial charge is 0.573 e. The number of nitrogens with zero attached hydrogens (tertiary/aromatic N) is 3. The molecule has 56 heavy (non-hydrogen) atoms. The molecule has 6 rings (SSSR count). The van der Waals surface area contributed by atoms with Gasteiger partial charge in [-0.05, 0) is 102 Å². The van der Waals surface area contributed by atoms with E-state index in [9.17, 15) is 13.2 Å². The van der Waals surface area contributed by atoms with Crippen LogP contribution >= 0.6 is 0 Å². The van der Waals surface area contributed by atoms with Gasteiger partial charge in [-0.25, -0.2) is 0 Å². The summed E-state index contributed by atoms with van der Waals surface area (Å²) in [7, 11) is 9.47. The number of hydrogen-bond acceptors (Lipinski definition) is 10. The van der Waals surface area contributed by atoms with E-state index in [0.717, 1.165) is 71.7 Å². The summed E-state index contributed by atoms with van der Waals surface area (Å²) in [6.07, 6.45) is -1.28. The second kappa shape index (κ2) is 17.8. The first kappa shape index (κ1) is 39.9. The van der Waals surface area contributed by atoms with Crippen molar-refractivity contribution in [1.29, 1.82) is 0 Å². The van der Waals surface area contributed by atoms with Gasteiger partial charge in [0.25, 0.3) is 0 Å². The van der Waals surface area contributed by atoms with E-state index in [1.807, 2.05) is 42.5 Å². The number of benzene rings is 4. The highest BCUT2D eigenvalue weighted by molar-refractivity contribution is 5.72. The van der Waals surface area contributed by atoms with Gasteiger partial charge in [0.15, 0.2) is 23.0 Å². The Bertz CT molecular complexity index is 2040. The standard InChI is InChI=1S/C43H46F3N3O7/c1-50-37-22-31(23-38(51-2)41(37)54-5)30-9-7-8-28(20-30)27-49(33-10-12-35(13-11-33)56-43(44,45)46)34-15-18-48(19-16-34)26-29-14-17-47-36(21-29)32-24-39(52-3)42(55-6)40(25-32)53-4/h7-14,17,20-25,34H,15-16,18-19,26-27H2,1-6H3.